The molecule has 0 bridgehead atoms. The minimum atomic E-state index is 0.0556. The SMILES string of the molecule is CC(C)(C)c1ccc(-c2ccc3c(n2)[nH]c2ccncc23)cn1. The van der Waals surface area contributed by atoms with Crippen LogP contribution in [0.1, 0.15) is 26.5 Å². The van der Waals surface area contributed by atoms with Crippen LogP contribution in [-0.4, -0.2) is 19.9 Å². The molecule has 1 N–H and O–H groups in total. The highest BCUT2D eigenvalue weighted by molar-refractivity contribution is 6.05. The lowest BCUT2D eigenvalue weighted by Crippen LogP contribution is -2.12. The molecule has 0 saturated carbocycles. The molecule has 0 spiro atoms. The van der Waals surface area contributed by atoms with Crippen molar-refractivity contribution in [2.75, 3.05) is 0 Å². The van der Waals surface area contributed by atoms with Gasteiger partial charge in [0.2, 0.25) is 0 Å². The van der Waals surface area contributed by atoms with Gasteiger partial charge in [0, 0.05) is 46.0 Å². The predicted molar refractivity (Wildman–Crippen MR) is 93.3 cm³/mol. The third-order valence-corrected chi connectivity index (χ3v) is 4.09. The van der Waals surface area contributed by atoms with Crippen molar-refractivity contribution in [3.8, 4) is 11.3 Å². The van der Waals surface area contributed by atoms with E-state index in [1.165, 1.54) is 0 Å². The van der Waals surface area contributed by atoms with E-state index in [4.69, 9.17) is 4.98 Å². The Labute approximate surface area is 134 Å². The van der Waals surface area contributed by atoms with Crippen LogP contribution in [0.5, 0.6) is 0 Å². The molecular formula is C19H18N4. The minimum Gasteiger partial charge on any atom is -0.339 e. The molecule has 0 unspecified atom stereocenters. The largest absolute Gasteiger partial charge is 0.339 e. The number of nitrogens with one attached hydrogen (secondary N) is 1. The van der Waals surface area contributed by atoms with E-state index < -0.39 is 0 Å². The summed E-state index contributed by atoms with van der Waals surface area (Å²) in [6.45, 7) is 6.49. The predicted octanol–water partition coefficient (Wildman–Crippen LogP) is 4.47. The average Bonchev–Trinajstić information content (AvgIpc) is 2.92. The fourth-order valence-corrected chi connectivity index (χ4v) is 2.77. The molecule has 114 valence electrons. The topological polar surface area (TPSA) is 54.5 Å². The smallest absolute Gasteiger partial charge is 0.139 e. The number of aromatic amines is 1. The zero-order chi connectivity index (χ0) is 16.0. The Hall–Kier alpha value is -2.75. The number of hydrogen-bond donors (Lipinski definition) is 1. The van der Waals surface area contributed by atoms with E-state index in [9.17, 15) is 0 Å². The van der Waals surface area contributed by atoms with Crippen molar-refractivity contribution in [1.82, 2.24) is 19.9 Å². The molecule has 0 atom stereocenters. The van der Waals surface area contributed by atoms with Crippen LogP contribution in [0.4, 0.5) is 0 Å². The van der Waals surface area contributed by atoms with Crippen molar-refractivity contribution in [3.05, 3.63) is 54.6 Å². The lowest BCUT2D eigenvalue weighted by molar-refractivity contribution is 0.569. The van der Waals surface area contributed by atoms with Crippen molar-refractivity contribution in [2.45, 2.75) is 26.2 Å². The van der Waals surface area contributed by atoms with Crippen LogP contribution in [0.15, 0.2) is 48.9 Å². The average molecular weight is 302 g/mol. The molecule has 0 radical (unpaired) electrons. The lowest BCUT2D eigenvalue weighted by atomic mass is 9.91. The first-order chi connectivity index (χ1) is 11.0. The number of fused-ring (bicyclic) bond motifs is 3. The second-order valence-electron chi connectivity index (χ2n) is 6.82. The summed E-state index contributed by atoms with van der Waals surface area (Å²) >= 11 is 0. The van der Waals surface area contributed by atoms with Gasteiger partial charge in [0.1, 0.15) is 5.65 Å². The number of hydrogen-bond acceptors (Lipinski definition) is 3. The molecule has 4 heteroatoms. The molecule has 0 aromatic carbocycles. The maximum absolute atomic E-state index is 4.75. The number of aromatic nitrogens is 4. The van der Waals surface area contributed by atoms with Crippen molar-refractivity contribution >= 4 is 21.9 Å². The molecule has 0 aliphatic heterocycles. The third-order valence-electron chi connectivity index (χ3n) is 4.09. The van der Waals surface area contributed by atoms with Gasteiger partial charge in [0.25, 0.3) is 0 Å². The Balaban J connectivity index is 1.81. The number of rotatable bonds is 1. The molecule has 4 aromatic heterocycles. The van der Waals surface area contributed by atoms with Gasteiger partial charge in [-0.1, -0.05) is 20.8 Å². The highest BCUT2D eigenvalue weighted by Gasteiger charge is 2.15. The van der Waals surface area contributed by atoms with Crippen molar-refractivity contribution in [2.24, 2.45) is 0 Å². The molecule has 4 aromatic rings. The molecule has 0 aliphatic rings. The van der Waals surface area contributed by atoms with Gasteiger partial charge in [-0.3, -0.25) is 9.97 Å². The van der Waals surface area contributed by atoms with Crippen LogP contribution in [0.3, 0.4) is 0 Å². The molecule has 0 saturated heterocycles. The minimum absolute atomic E-state index is 0.0556. The molecule has 23 heavy (non-hydrogen) atoms. The molecule has 4 rings (SSSR count). The monoisotopic (exact) mass is 302 g/mol. The van der Waals surface area contributed by atoms with Gasteiger partial charge < -0.3 is 4.98 Å². The first-order valence-electron chi connectivity index (χ1n) is 7.72. The van der Waals surface area contributed by atoms with Crippen molar-refractivity contribution in [3.63, 3.8) is 0 Å². The van der Waals surface area contributed by atoms with Gasteiger partial charge in [0.05, 0.1) is 11.2 Å². The summed E-state index contributed by atoms with van der Waals surface area (Å²) in [5, 5.41) is 2.19. The fourth-order valence-electron chi connectivity index (χ4n) is 2.77. The first kappa shape index (κ1) is 13.9. The highest BCUT2D eigenvalue weighted by Crippen LogP contribution is 2.27. The molecule has 0 aliphatic carbocycles. The first-order valence-corrected chi connectivity index (χ1v) is 7.72. The quantitative estimate of drug-likeness (QED) is 0.564. The van der Waals surface area contributed by atoms with E-state index in [1.54, 1.807) is 6.20 Å². The van der Waals surface area contributed by atoms with Crippen LogP contribution < -0.4 is 0 Å². The van der Waals surface area contributed by atoms with E-state index in [1.807, 2.05) is 24.5 Å². The Kier molecular flexibility index (Phi) is 2.94. The third kappa shape index (κ3) is 2.36. The van der Waals surface area contributed by atoms with Gasteiger partial charge in [-0.05, 0) is 30.3 Å². The van der Waals surface area contributed by atoms with Crippen molar-refractivity contribution < 1.29 is 0 Å². The Morgan fingerprint density at radius 1 is 0.913 bits per heavy atom. The number of nitrogens with zero attached hydrogens (tertiary/aromatic N) is 3. The zero-order valence-electron chi connectivity index (χ0n) is 13.5. The fraction of sp³-hybridized carbons (Fsp3) is 0.211. The molecule has 0 fully saturated rings. The number of H-pyrrole nitrogens is 1. The maximum Gasteiger partial charge on any atom is 0.139 e. The van der Waals surface area contributed by atoms with Gasteiger partial charge in [-0.15, -0.1) is 0 Å². The van der Waals surface area contributed by atoms with E-state index >= 15 is 0 Å². The lowest BCUT2D eigenvalue weighted by Gasteiger charge is -2.17. The summed E-state index contributed by atoms with van der Waals surface area (Å²) in [7, 11) is 0. The highest BCUT2D eigenvalue weighted by atomic mass is 14.9. The molecular weight excluding hydrogens is 284 g/mol. The molecule has 0 amide bonds. The summed E-state index contributed by atoms with van der Waals surface area (Å²) in [6, 6.07) is 10.3. The molecule has 4 nitrogen and oxygen atoms in total. The van der Waals surface area contributed by atoms with Crippen LogP contribution in [0.2, 0.25) is 0 Å². The Morgan fingerprint density at radius 3 is 2.52 bits per heavy atom. The zero-order valence-corrected chi connectivity index (χ0v) is 13.5. The van der Waals surface area contributed by atoms with Crippen LogP contribution >= 0.6 is 0 Å². The summed E-state index contributed by atoms with van der Waals surface area (Å²) < 4.78 is 0. The maximum atomic E-state index is 4.75. The van der Waals surface area contributed by atoms with Crippen LogP contribution in [0.25, 0.3) is 33.2 Å². The van der Waals surface area contributed by atoms with E-state index in [0.717, 1.165) is 38.9 Å². The number of pyridine rings is 3. The van der Waals surface area contributed by atoms with E-state index in [-0.39, 0.29) is 5.41 Å². The second kappa shape index (κ2) is 4.88. The summed E-state index contributed by atoms with van der Waals surface area (Å²) in [5.41, 5.74) is 5.02. The summed E-state index contributed by atoms with van der Waals surface area (Å²) in [6.07, 6.45) is 5.56. The Morgan fingerprint density at radius 2 is 1.78 bits per heavy atom. The standard InChI is InChI=1S/C19H18N4/c1-19(2,3)17-7-4-12(10-21-17)15-6-5-13-14-11-20-9-8-16(14)23-18(13)22-15/h4-11H,1-3H3,(H,22,23). The van der Waals surface area contributed by atoms with Gasteiger partial charge in [-0.25, -0.2) is 4.98 Å². The van der Waals surface area contributed by atoms with Crippen LogP contribution in [0, 0.1) is 0 Å². The molecule has 4 heterocycles. The van der Waals surface area contributed by atoms with Crippen molar-refractivity contribution in [1.29, 1.82) is 0 Å². The van der Waals surface area contributed by atoms with Gasteiger partial charge >= 0.3 is 0 Å². The van der Waals surface area contributed by atoms with E-state index in [2.05, 4.69) is 53.9 Å². The van der Waals surface area contributed by atoms with Gasteiger partial charge in [-0.2, -0.15) is 0 Å². The van der Waals surface area contributed by atoms with E-state index in [0.29, 0.717) is 0 Å². The second-order valence-corrected chi connectivity index (χ2v) is 6.82. The Bertz CT molecular complexity index is 991. The normalized spacial score (nSPS) is 12.1. The summed E-state index contributed by atoms with van der Waals surface area (Å²) in [4.78, 5) is 16.9. The van der Waals surface area contributed by atoms with Gasteiger partial charge in [0.15, 0.2) is 0 Å². The summed E-state index contributed by atoms with van der Waals surface area (Å²) in [5.74, 6) is 0. The van der Waals surface area contributed by atoms with Crippen LogP contribution in [-0.2, 0) is 5.41 Å².